The highest BCUT2D eigenvalue weighted by molar-refractivity contribution is 6.37. The van der Waals surface area contributed by atoms with Crippen molar-refractivity contribution in [2.75, 3.05) is 0 Å². The fourth-order valence-corrected chi connectivity index (χ4v) is 1.67. The van der Waals surface area contributed by atoms with Crippen LogP contribution in [0.1, 0.15) is 33.3 Å². The summed E-state index contributed by atoms with van der Waals surface area (Å²) in [6.07, 6.45) is 0. The van der Waals surface area contributed by atoms with Gasteiger partial charge in [-0.05, 0) is 57.5 Å². The molecule has 0 atom stereocenters. The molecule has 0 saturated heterocycles. The largest absolute Gasteiger partial charge is 0.487 e. The summed E-state index contributed by atoms with van der Waals surface area (Å²) in [7, 11) is 5.57. The lowest BCUT2D eigenvalue weighted by atomic mass is 9.90. The van der Waals surface area contributed by atoms with Crippen molar-refractivity contribution < 1.29 is 19.3 Å². The molecule has 0 spiro atoms. The Morgan fingerprint density at radius 1 is 1.04 bits per heavy atom. The van der Waals surface area contributed by atoms with E-state index in [0.29, 0.717) is 16.2 Å². The first-order chi connectivity index (χ1) is 11.4. The molecule has 2 aromatic rings. The third kappa shape index (κ3) is 7.47. The van der Waals surface area contributed by atoms with Crippen LogP contribution in [0.3, 0.4) is 0 Å². The molecule has 2 N–H and O–H groups in total. The Labute approximate surface area is 154 Å². The molecule has 0 bridgehead atoms. The predicted molar refractivity (Wildman–Crippen MR) is 100 cm³/mol. The first kappa shape index (κ1) is 21.5. The SMILES string of the molecule is CC(C)(O)C(C)(C)O.[B]c1ccc(OCc2cccc(F)c2)c(Cl)c1. The van der Waals surface area contributed by atoms with Gasteiger partial charge in [0.05, 0.1) is 16.2 Å². The molecule has 0 saturated carbocycles. The Kier molecular flexibility index (Phi) is 7.48. The molecular weight excluding hydrogens is 341 g/mol. The molecule has 3 nitrogen and oxygen atoms in total. The van der Waals surface area contributed by atoms with Crippen molar-refractivity contribution in [2.45, 2.75) is 45.5 Å². The van der Waals surface area contributed by atoms with E-state index < -0.39 is 11.2 Å². The van der Waals surface area contributed by atoms with E-state index in [4.69, 9.17) is 34.4 Å². The average molecular weight is 365 g/mol. The molecule has 0 fully saturated rings. The highest BCUT2D eigenvalue weighted by Crippen LogP contribution is 2.23. The molecule has 2 aromatic carbocycles. The van der Waals surface area contributed by atoms with Crippen LogP contribution in [0.2, 0.25) is 5.02 Å². The second-order valence-electron chi connectivity index (χ2n) is 6.73. The lowest BCUT2D eigenvalue weighted by molar-refractivity contribution is -0.107. The van der Waals surface area contributed by atoms with Gasteiger partial charge in [0.25, 0.3) is 0 Å². The molecule has 6 heteroatoms. The van der Waals surface area contributed by atoms with Crippen molar-refractivity contribution in [3.05, 3.63) is 58.9 Å². The standard InChI is InChI=1S/C13H9BClFO.C6H14O2/c14-10-4-5-13(12(15)7-10)17-8-9-2-1-3-11(16)6-9;1-5(2,7)6(3,4)8/h1-7H,8H2;7-8H,1-4H3. The van der Waals surface area contributed by atoms with E-state index in [2.05, 4.69) is 0 Å². The molecule has 2 radical (unpaired) electrons. The van der Waals surface area contributed by atoms with Gasteiger partial charge in [0.15, 0.2) is 0 Å². The van der Waals surface area contributed by atoms with Gasteiger partial charge in [-0.15, -0.1) is 0 Å². The lowest BCUT2D eigenvalue weighted by Crippen LogP contribution is -2.44. The van der Waals surface area contributed by atoms with Gasteiger partial charge in [-0.25, -0.2) is 4.39 Å². The van der Waals surface area contributed by atoms with Gasteiger partial charge in [0.1, 0.15) is 26.0 Å². The van der Waals surface area contributed by atoms with Crippen LogP contribution < -0.4 is 10.2 Å². The Morgan fingerprint density at radius 3 is 2.12 bits per heavy atom. The third-order valence-corrected chi connectivity index (χ3v) is 4.03. The topological polar surface area (TPSA) is 49.7 Å². The van der Waals surface area contributed by atoms with Crippen molar-refractivity contribution in [3.63, 3.8) is 0 Å². The zero-order valence-electron chi connectivity index (χ0n) is 14.9. The maximum atomic E-state index is 12.9. The second-order valence-corrected chi connectivity index (χ2v) is 7.13. The minimum atomic E-state index is -1.01. The Hall–Kier alpha value is -1.56. The summed E-state index contributed by atoms with van der Waals surface area (Å²) in [6.45, 7) is 6.57. The molecule has 2 rings (SSSR count). The van der Waals surface area contributed by atoms with Gasteiger partial charge in [-0.1, -0.05) is 35.3 Å². The van der Waals surface area contributed by atoms with Crippen LogP contribution in [0.4, 0.5) is 4.39 Å². The van der Waals surface area contributed by atoms with Gasteiger partial charge in [0, 0.05) is 0 Å². The molecule has 0 aliphatic heterocycles. The number of hydrogen-bond acceptors (Lipinski definition) is 3. The highest BCUT2D eigenvalue weighted by Gasteiger charge is 2.31. The van der Waals surface area contributed by atoms with Crippen LogP contribution in [0.15, 0.2) is 42.5 Å². The van der Waals surface area contributed by atoms with Crippen LogP contribution in [0.25, 0.3) is 0 Å². The van der Waals surface area contributed by atoms with Crippen molar-refractivity contribution in [2.24, 2.45) is 0 Å². The van der Waals surface area contributed by atoms with Crippen LogP contribution in [-0.4, -0.2) is 29.3 Å². The molecule has 0 amide bonds. The number of rotatable bonds is 4. The van der Waals surface area contributed by atoms with E-state index in [1.807, 2.05) is 0 Å². The fraction of sp³-hybridized carbons (Fsp3) is 0.368. The zero-order chi connectivity index (χ0) is 19.3. The molecular formula is C19H23BClFO3. The number of ether oxygens (including phenoxy) is 1. The van der Waals surface area contributed by atoms with E-state index in [1.54, 1.807) is 58.0 Å². The van der Waals surface area contributed by atoms with E-state index in [-0.39, 0.29) is 12.4 Å². The molecule has 0 aliphatic rings. The van der Waals surface area contributed by atoms with Gasteiger partial charge < -0.3 is 14.9 Å². The summed E-state index contributed by atoms with van der Waals surface area (Å²) in [5.74, 6) is 0.250. The minimum Gasteiger partial charge on any atom is -0.487 e. The average Bonchev–Trinajstić information content (AvgIpc) is 2.45. The first-order valence-corrected chi connectivity index (χ1v) is 8.15. The van der Waals surface area contributed by atoms with Crippen molar-refractivity contribution in [1.29, 1.82) is 0 Å². The molecule has 0 aliphatic carbocycles. The Morgan fingerprint density at radius 2 is 1.64 bits per heavy atom. The predicted octanol–water partition coefficient (Wildman–Crippen LogP) is 3.38. The first-order valence-electron chi connectivity index (χ1n) is 7.77. The van der Waals surface area contributed by atoms with Crippen LogP contribution in [0, 0.1) is 5.82 Å². The number of aliphatic hydroxyl groups is 2. The van der Waals surface area contributed by atoms with Gasteiger partial charge >= 0.3 is 0 Å². The monoisotopic (exact) mass is 364 g/mol. The number of benzene rings is 2. The third-order valence-electron chi connectivity index (χ3n) is 3.74. The smallest absolute Gasteiger partial charge is 0.138 e. The Balaban J connectivity index is 0.000000333. The number of halogens is 2. The summed E-state index contributed by atoms with van der Waals surface area (Å²) in [5, 5.41) is 18.7. The molecule has 134 valence electrons. The van der Waals surface area contributed by atoms with Crippen LogP contribution in [-0.2, 0) is 6.61 Å². The summed E-state index contributed by atoms with van der Waals surface area (Å²) in [4.78, 5) is 0. The zero-order valence-corrected chi connectivity index (χ0v) is 15.6. The van der Waals surface area contributed by atoms with Crippen LogP contribution >= 0.6 is 11.6 Å². The van der Waals surface area contributed by atoms with Crippen LogP contribution in [0.5, 0.6) is 5.75 Å². The number of hydrogen-bond donors (Lipinski definition) is 2. The van der Waals surface area contributed by atoms with Gasteiger partial charge in [0.2, 0.25) is 0 Å². The van der Waals surface area contributed by atoms with E-state index in [9.17, 15) is 4.39 Å². The van der Waals surface area contributed by atoms with E-state index >= 15 is 0 Å². The summed E-state index contributed by atoms with van der Waals surface area (Å²) < 4.78 is 18.4. The second kappa shape index (κ2) is 8.70. The molecule has 0 aromatic heterocycles. The van der Waals surface area contributed by atoms with Crippen molar-refractivity contribution >= 4 is 24.9 Å². The van der Waals surface area contributed by atoms with E-state index in [0.717, 1.165) is 5.56 Å². The Bertz CT molecular complexity index is 682. The van der Waals surface area contributed by atoms with Crippen molar-refractivity contribution in [1.82, 2.24) is 0 Å². The minimum absolute atomic E-state index is 0.265. The quantitative estimate of drug-likeness (QED) is 0.818. The maximum absolute atomic E-state index is 12.9. The molecule has 0 heterocycles. The molecule has 25 heavy (non-hydrogen) atoms. The maximum Gasteiger partial charge on any atom is 0.138 e. The van der Waals surface area contributed by atoms with Crippen molar-refractivity contribution in [3.8, 4) is 5.75 Å². The normalized spacial score (nSPS) is 11.5. The summed E-state index contributed by atoms with van der Waals surface area (Å²) in [6, 6.07) is 11.2. The van der Waals surface area contributed by atoms with Gasteiger partial charge in [-0.2, -0.15) is 0 Å². The fourth-order valence-electron chi connectivity index (χ4n) is 1.42. The molecule has 0 unspecified atom stereocenters. The summed E-state index contributed by atoms with van der Waals surface area (Å²) >= 11 is 5.95. The van der Waals surface area contributed by atoms with E-state index in [1.165, 1.54) is 12.1 Å². The lowest BCUT2D eigenvalue weighted by Gasteiger charge is -2.31. The highest BCUT2D eigenvalue weighted by atomic mass is 35.5. The summed E-state index contributed by atoms with van der Waals surface area (Å²) in [5.41, 5.74) is -0.689. The van der Waals surface area contributed by atoms with Gasteiger partial charge in [-0.3, -0.25) is 0 Å².